The number of ketones is 1. The number of benzene rings is 2. The molecule has 0 radical (unpaired) electrons. The zero-order valence-electron chi connectivity index (χ0n) is 16.5. The molecule has 7 heteroatoms. The van der Waals surface area contributed by atoms with E-state index < -0.39 is 10.0 Å². The fourth-order valence-corrected chi connectivity index (χ4v) is 5.12. The van der Waals surface area contributed by atoms with Gasteiger partial charge in [0.1, 0.15) is 0 Å². The molecule has 1 fully saturated rings. The second-order valence-electron chi connectivity index (χ2n) is 7.32. The van der Waals surface area contributed by atoms with Crippen molar-refractivity contribution in [2.24, 2.45) is 0 Å². The zero-order valence-corrected chi connectivity index (χ0v) is 17.3. The molecule has 1 saturated heterocycles. The largest absolute Gasteiger partial charge is 0.368 e. The predicted octanol–water partition coefficient (Wildman–Crippen LogP) is 3.26. The molecule has 0 aliphatic carbocycles. The van der Waals surface area contributed by atoms with Crippen LogP contribution in [0.5, 0.6) is 0 Å². The van der Waals surface area contributed by atoms with Crippen molar-refractivity contribution in [2.75, 3.05) is 31.1 Å². The van der Waals surface area contributed by atoms with Gasteiger partial charge in [0, 0.05) is 49.0 Å². The van der Waals surface area contributed by atoms with Crippen molar-refractivity contribution in [3.8, 4) is 0 Å². The first-order valence-corrected chi connectivity index (χ1v) is 11.0. The highest BCUT2D eigenvalue weighted by Gasteiger charge is 2.29. The molecule has 6 nitrogen and oxygen atoms in total. The minimum atomic E-state index is -3.58. The molecule has 0 bridgehead atoms. The summed E-state index contributed by atoms with van der Waals surface area (Å²) in [6.07, 6.45) is 1.80. The van der Waals surface area contributed by atoms with Gasteiger partial charge >= 0.3 is 0 Å². The number of hydrogen-bond donors (Lipinski definition) is 0. The molecule has 0 spiro atoms. The van der Waals surface area contributed by atoms with Gasteiger partial charge in [-0.3, -0.25) is 9.78 Å². The number of hydrogen-bond acceptors (Lipinski definition) is 5. The topological polar surface area (TPSA) is 70.6 Å². The number of piperazine rings is 1. The Labute approximate surface area is 170 Å². The van der Waals surface area contributed by atoms with Crippen LogP contribution in [0.3, 0.4) is 0 Å². The van der Waals surface area contributed by atoms with Crippen molar-refractivity contribution in [3.05, 3.63) is 65.9 Å². The smallest absolute Gasteiger partial charge is 0.243 e. The molecule has 1 aromatic heterocycles. The number of fused-ring (bicyclic) bond motifs is 1. The molecule has 0 unspecified atom stereocenters. The summed E-state index contributed by atoms with van der Waals surface area (Å²) < 4.78 is 27.5. The van der Waals surface area contributed by atoms with Crippen molar-refractivity contribution >= 4 is 32.4 Å². The minimum absolute atomic E-state index is 0.0811. The maximum Gasteiger partial charge on any atom is 0.243 e. The van der Waals surface area contributed by atoms with Crippen LogP contribution < -0.4 is 4.90 Å². The van der Waals surface area contributed by atoms with Crippen LogP contribution in [0.15, 0.2) is 59.6 Å². The molecule has 1 aliphatic heterocycles. The van der Waals surface area contributed by atoms with Gasteiger partial charge in [0.25, 0.3) is 0 Å². The van der Waals surface area contributed by atoms with Crippen molar-refractivity contribution in [1.82, 2.24) is 9.29 Å². The van der Waals surface area contributed by atoms with Gasteiger partial charge < -0.3 is 4.90 Å². The molecule has 2 aromatic carbocycles. The van der Waals surface area contributed by atoms with E-state index >= 15 is 0 Å². The van der Waals surface area contributed by atoms with Gasteiger partial charge in [0.15, 0.2) is 5.78 Å². The van der Waals surface area contributed by atoms with Crippen LogP contribution >= 0.6 is 0 Å². The maximum atomic E-state index is 13.0. The van der Waals surface area contributed by atoms with Crippen LogP contribution in [-0.2, 0) is 10.0 Å². The minimum Gasteiger partial charge on any atom is -0.368 e. The number of aryl methyl sites for hydroxylation is 1. The molecule has 0 amide bonds. The standard InChI is InChI=1S/C22H23N3O3S/c1-16-3-8-21-20(15-16)22(9-10-23-21)24-11-13-25(14-12-24)29(27,28)19-6-4-18(5-7-19)17(2)26/h3-10,15H,11-14H2,1-2H3. The van der Waals surface area contributed by atoms with E-state index in [1.54, 1.807) is 18.3 Å². The van der Waals surface area contributed by atoms with Crippen LogP contribution in [0.1, 0.15) is 22.8 Å². The fourth-order valence-electron chi connectivity index (χ4n) is 3.70. The molecule has 0 N–H and O–H groups in total. The molecular formula is C22H23N3O3S. The van der Waals surface area contributed by atoms with Gasteiger partial charge in [0.2, 0.25) is 10.0 Å². The first-order chi connectivity index (χ1) is 13.9. The van der Waals surface area contributed by atoms with E-state index in [1.165, 1.54) is 28.9 Å². The Hall–Kier alpha value is -2.77. The van der Waals surface area contributed by atoms with E-state index in [9.17, 15) is 13.2 Å². The Morgan fingerprint density at radius 2 is 1.66 bits per heavy atom. The van der Waals surface area contributed by atoms with E-state index in [1.807, 2.05) is 18.2 Å². The lowest BCUT2D eigenvalue weighted by Gasteiger charge is -2.35. The van der Waals surface area contributed by atoms with Crippen molar-refractivity contribution in [2.45, 2.75) is 18.7 Å². The van der Waals surface area contributed by atoms with Crippen molar-refractivity contribution in [3.63, 3.8) is 0 Å². The Kier molecular flexibility index (Phi) is 5.10. The average Bonchev–Trinajstić information content (AvgIpc) is 2.73. The Morgan fingerprint density at radius 3 is 2.31 bits per heavy atom. The molecule has 4 rings (SSSR count). The van der Waals surface area contributed by atoms with E-state index in [2.05, 4.69) is 22.9 Å². The lowest BCUT2D eigenvalue weighted by atomic mass is 10.1. The second-order valence-corrected chi connectivity index (χ2v) is 9.26. The molecule has 1 aliphatic rings. The van der Waals surface area contributed by atoms with Crippen LogP contribution in [0.4, 0.5) is 5.69 Å². The Balaban J connectivity index is 1.54. The van der Waals surface area contributed by atoms with Gasteiger partial charge in [-0.25, -0.2) is 8.42 Å². The first kappa shape index (κ1) is 19.5. The third kappa shape index (κ3) is 3.75. The van der Waals surface area contributed by atoms with Crippen LogP contribution in [-0.4, -0.2) is 49.7 Å². The van der Waals surface area contributed by atoms with Crippen LogP contribution in [0.25, 0.3) is 10.9 Å². The van der Waals surface area contributed by atoms with Gasteiger partial charge in [0.05, 0.1) is 10.4 Å². The third-order valence-electron chi connectivity index (χ3n) is 5.35. The van der Waals surface area contributed by atoms with Gasteiger partial charge in [-0.2, -0.15) is 4.31 Å². The Morgan fingerprint density at radius 1 is 0.966 bits per heavy atom. The number of rotatable bonds is 4. The number of sulfonamides is 1. The number of anilines is 1. The monoisotopic (exact) mass is 409 g/mol. The SMILES string of the molecule is CC(=O)c1ccc(S(=O)(=O)N2CCN(c3ccnc4ccc(C)cc34)CC2)cc1. The van der Waals surface area contributed by atoms with E-state index in [0.29, 0.717) is 31.7 Å². The molecule has 29 heavy (non-hydrogen) atoms. The second kappa shape index (κ2) is 7.57. The molecule has 0 atom stereocenters. The number of pyridine rings is 1. The summed E-state index contributed by atoms with van der Waals surface area (Å²) in [4.78, 5) is 18.3. The van der Waals surface area contributed by atoms with Crippen LogP contribution in [0, 0.1) is 6.92 Å². The summed E-state index contributed by atoms with van der Waals surface area (Å²) in [5.41, 5.74) is 3.70. The zero-order chi connectivity index (χ0) is 20.6. The van der Waals surface area contributed by atoms with E-state index in [-0.39, 0.29) is 10.7 Å². The summed E-state index contributed by atoms with van der Waals surface area (Å²) in [6.45, 7) is 5.56. The molecule has 3 aromatic rings. The van der Waals surface area contributed by atoms with E-state index in [0.717, 1.165) is 16.6 Å². The van der Waals surface area contributed by atoms with Crippen molar-refractivity contribution in [1.29, 1.82) is 0 Å². The predicted molar refractivity (Wildman–Crippen MR) is 114 cm³/mol. The maximum absolute atomic E-state index is 13.0. The molecule has 0 saturated carbocycles. The molecule has 150 valence electrons. The lowest BCUT2D eigenvalue weighted by Crippen LogP contribution is -2.48. The highest BCUT2D eigenvalue weighted by atomic mass is 32.2. The average molecular weight is 410 g/mol. The van der Waals surface area contributed by atoms with Gasteiger partial charge in [-0.15, -0.1) is 0 Å². The van der Waals surface area contributed by atoms with Crippen LogP contribution in [0.2, 0.25) is 0 Å². The summed E-state index contributed by atoms with van der Waals surface area (Å²) in [6, 6.07) is 14.3. The number of aromatic nitrogens is 1. The number of Topliss-reactive ketones (excluding diaryl/α,β-unsaturated/α-hetero) is 1. The fraction of sp³-hybridized carbons (Fsp3) is 0.273. The lowest BCUT2D eigenvalue weighted by molar-refractivity contribution is 0.101. The summed E-state index contributed by atoms with van der Waals surface area (Å²) in [5, 5.41) is 1.09. The summed E-state index contributed by atoms with van der Waals surface area (Å²) in [5.74, 6) is -0.0811. The van der Waals surface area contributed by atoms with Gasteiger partial charge in [-0.1, -0.05) is 23.8 Å². The number of nitrogens with zero attached hydrogens (tertiary/aromatic N) is 3. The Bertz CT molecular complexity index is 1170. The quantitative estimate of drug-likeness (QED) is 0.619. The van der Waals surface area contributed by atoms with Gasteiger partial charge in [-0.05, 0) is 44.2 Å². The summed E-state index contributed by atoms with van der Waals surface area (Å²) >= 11 is 0. The highest BCUT2D eigenvalue weighted by Crippen LogP contribution is 2.28. The van der Waals surface area contributed by atoms with E-state index in [4.69, 9.17) is 0 Å². The molecule has 2 heterocycles. The number of carbonyl (C=O) groups is 1. The third-order valence-corrected chi connectivity index (χ3v) is 7.26. The number of carbonyl (C=O) groups excluding carboxylic acids is 1. The van der Waals surface area contributed by atoms with Crippen molar-refractivity contribution < 1.29 is 13.2 Å². The summed E-state index contributed by atoms with van der Waals surface area (Å²) in [7, 11) is -3.58. The normalized spacial score (nSPS) is 15.6. The first-order valence-electron chi connectivity index (χ1n) is 9.58. The highest BCUT2D eigenvalue weighted by molar-refractivity contribution is 7.89. The molecular weight excluding hydrogens is 386 g/mol.